The Kier molecular flexibility index (Phi) is 3.38. The molecule has 0 radical (unpaired) electrons. The Balaban J connectivity index is 2.20. The molecular formula is C16H16O. The minimum Gasteiger partial charge on any atom is -0.294 e. The van der Waals surface area contributed by atoms with E-state index in [1.807, 2.05) is 56.3 Å². The molecule has 0 N–H and O–H groups in total. The molecule has 0 amide bonds. The van der Waals surface area contributed by atoms with Gasteiger partial charge in [-0.15, -0.1) is 0 Å². The van der Waals surface area contributed by atoms with Gasteiger partial charge >= 0.3 is 0 Å². The fraction of sp³-hybridized carbons (Fsp3) is 0.188. The van der Waals surface area contributed by atoms with E-state index in [9.17, 15) is 4.79 Å². The third-order valence-corrected chi connectivity index (χ3v) is 2.75. The van der Waals surface area contributed by atoms with Crippen LogP contribution in [0.25, 0.3) is 0 Å². The molecule has 2 aromatic carbocycles. The number of aryl methyl sites for hydroxylation is 2. The lowest BCUT2D eigenvalue weighted by atomic mass is 10.00. The Bertz CT molecular complexity index is 506. The van der Waals surface area contributed by atoms with E-state index < -0.39 is 0 Å². The summed E-state index contributed by atoms with van der Waals surface area (Å²) >= 11 is 0. The third-order valence-electron chi connectivity index (χ3n) is 2.75. The van der Waals surface area contributed by atoms with E-state index in [-0.39, 0.29) is 5.78 Å². The van der Waals surface area contributed by atoms with Crippen LogP contribution in [-0.4, -0.2) is 5.78 Å². The molecule has 0 spiro atoms. The first-order chi connectivity index (χ1) is 8.15. The highest BCUT2D eigenvalue weighted by atomic mass is 16.1. The lowest BCUT2D eigenvalue weighted by molar-refractivity contribution is 0.0993. The quantitative estimate of drug-likeness (QED) is 0.726. The van der Waals surface area contributed by atoms with Crippen molar-refractivity contribution >= 4 is 5.78 Å². The smallest absolute Gasteiger partial charge is 0.167 e. The van der Waals surface area contributed by atoms with Crippen LogP contribution >= 0.6 is 0 Å². The van der Waals surface area contributed by atoms with Gasteiger partial charge in [-0.1, -0.05) is 47.5 Å². The zero-order valence-corrected chi connectivity index (χ0v) is 10.2. The molecule has 0 aliphatic rings. The van der Waals surface area contributed by atoms with Crippen LogP contribution in [0.3, 0.4) is 0 Å². The molecule has 0 aliphatic heterocycles. The zero-order valence-electron chi connectivity index (χ0n) is 10.2. The molecular weight excluding hydrogens is 208 g/mol. The molecule has 17 heavy (non-hydrogen) atoms. The van der Waals surface area contributed by atoms with Crippen LogP contribution < -0.4 is 0 Å². The molecule has 86 valence electrons. The number of hydrogen-bond acceptors (Lipinski definition) is 1. The van der Waals surface area contributed by atoms with E-state index in [2.05, 4.69) is 6.07 Å². The van der Waals surface area contributed by atoms with E-state index in [0.717, 1.165) is 22.3 Å². The van der Waals surface area contributed by atoms with Gasteiger partial charge in [-0.3, -0.25) is 4.79 Å². The van der Waals surface area contributed by atoms with Crippen molar-refractivity contribution in [3.8, 4) is 0 Å². The maximum absolute atomic E-state index is 12.1. The first kappa shape index (κ1) is 11.6. The number of rotatable bonds is 3. The summed E-state index contributed by atoms with van der Waals surface area (Å²) in [5.41, 5.74) is 4.16. The molecule has 0 saturated carbocycles. The van der Waals surface area contributed by atoms with Gasteiger partial charge in [0, 0.05) is 12.0 Å². The van der Waals surface area contributed by atoms with Gasteiger partial charge in [-0.2, -0.15) is 0 Å². The van der Waals surface area contributed by atoms with Crippen LogP contribution in [0.5, 0.6) is 0 Å². The normalized spacial score (nSPS) is 10.2. The Morgan fingerprint density at radius 1 is 0.941 bits per heavy atom. The average molecular weight is 224 g/mol. The molecule has 0 unspecified atom stereocenters. The Hall–Kier alpha value is -1.89. The predicted octanol–water partition coefficient (Wildman–Crippen LogP) is 3.73. The van der Waals surface area contributed by atoms with Crippen LogP contribution in [0.2, 0.25) is 0 Å². The van der Waals surface area contributed by atoms with Crippen molar-refractivity contribution in [1.82, 2.24) is 0 Å². The van der Waals surface area contributed by atoms with E-state index in [1.165, 1.54) is 0 Å². The van der Waals surface area contributed by atoms with Crippen LogP contribution in [0.4, 0.5) is 0 Å². The lowest BCUT2D eigenvalue weighted by Crippen LogP contribution is -2.04. The number of carbonyl (C=O) groups is 1. The summed E-state index contributed by atoms with van der Waals surface area (Å²) in [6.07, 6.45) is 0.476. The van der Waals surface area contributed by atoms with Gasteiger partial charge in [0.2, 0.25) is 0 Å². The Morgan fingerprint density at radius 3 is 2.12 bits per heavy atom. The highest BCUT2D eigenvalue weighted by Gasteiger charge is 2.07. The van der Waals surface area contributed by atoms with Crippen LogP contribution in [0, 0.1) is 13.8 Å². The van der Waals surface area contributed by atoms with Crippen LogP contribution in [-0.2, 0) is 6.42 Å². The monoisotopic (exact) mass is 224 g/mol. The van der Waals surface area contributed by atoms with Crippen molar-refractivity contribution in [2.24, 2.45) is 0 Å². The minimum absolute atomic E-state index is 0.183. The van der Waals surface area contributed by atoms with E-state index in [0.29, 0.717) is 6.42 Å². The first-order valence-corrected chi connectivity index (χ1v) is 5.80. The fourth-order valence-electron chi connectivity index (χ4n) is 2.02. The highest BCUT2D eigenvalue weighted by molar-refractivity contribution is 5.97. The molecule has 0 atom stereocenters. The summed E-state index contributed by atoms with van der Waals surface area (Å²) in [5, 5.41) is 0. The second-order valence-electron chi connectivity index (χ2n) is 4.46. The highest BCUT2D eigenvalue weighted by Crippen LogP contribution is 2.12. The van der Waals surface area contributed by atoms with Gasteiger partial charge in [0.05, 0.1) is 0 Å². The molecule has 0 aliphatic carbocycles. The molecule has 2 rings (SSSR count). The summed E-state index contributed by atoms with van der Waals surface area (Å²) in [4.78, 5) is 12.1. The SMILES string of the molecule is Cc1cc(C)cc(C(=O)Cc2ccccc2)c1. The average Bonchev–Trinajstić information content (AvgIpc) is 2.29. The van der Waals surface area contributed by atoms with Gasteiger partial charge in [0.15, 0.2) is 5.78 Å². The second kappa shape index (κ2) is 4.96. The van der Waals surface area contributed by atoms with Crippen LogP contribution in [0.15, 0.2) is 48.5 Å². The molecule has 0 heterocycles. The number of benzene rings is 2. The predicted molar refractivity (Wildman–Crippen MR) is 70.4 cm³/mol. The summed E-state index contributed by atoms with van der Waals surface area (Å²) in [7, 11) is 0. The van der Waals surface area contributed by atoms with Gasteiger partial charge in [0.1, 0.15) is 0 Å². The first-order valence-electron chi connectivity index (χ1n) is 5.80. The van der Waals surface area contributed by atoms with E-state index in [1.54, 1.807) is 0 Å². The molecule has 0 fully saturated rings. The van der Waals surface area contributed by atoms with Gasteiger partial charge in [-0.05, 0) is 31.5 Å². The van der Waals surface area contributed by atoms with Gasteiger partial charge in [-0.25, -0.2) is 0 Å². The number of Topliss-reactive ketones (excluding diaryl/α,β-unsaturated/α-hetero) is 1. The van der Waals surface area contributed by atoms with Crippen molar-refractivity contribution < 1.29 is 4.79 Å². The molecule has 0 bridgehead atoms. The lowest BCUT2D eigenvalue weighted by Gasteiger charge is -2.04. The topological polar surface area (TPSA) is 17.1 Å². The Labute approximate surface area is 102 Å². The molecule has 2 aromatic rings. The van der Waals surface area contributed by atoms with Crippen molar-refractivity contribution in [3.63, 3.8) is 0 Å². The number of hydrogen-bond donors (Lipinski definition) is 0. The largest absolute Gasteiger partial charge is 0.294 e. The van der Waals surface area contributed by atoms with Crippen molar-refractivity contribution in [1.29, 1.82) is 0 Å². The number of ketones is 1. The van der Waals surface area contributed by atoms with Crippen molar-refractivity contribution in [2.45, 2.75) is 20.3 Å². The standard InChI is InChI=1S/C16H16O/c1-12-8-13(2)10-15(9-12)16(17)11-14-6-4-3-5-7-14/h3-10H,11H2,1-2H3. The maximum Gasteiger partial charge on any atom is 0.167 e. The molecule has 0 aromatic heterocycles. The zero-order chi connectivity index (χ0) is 12.3. The van der Waals surface area contributed by atoms with Gasteiger partial charge in [0.25, 0.3) is 0 Å². The summed E-state index contributed by atoms with van der Waals surface area (Å²) in [6.45, 7) is 4.04. The van der Waals surface area contributed by atoms with Gasteiger partial charge < -0.3 is 0 Å². The van der Waals surface area contributed by atoms with Crippen molar-refractivity contribution in [2.75, 3.05) is 0 Å². The summed E-state index contributed by atoms with van der Waals surface area (Å²) < 4.78 is 0. The minimum atomic E-state index is 0.183. The van der Waals surface area contributed by atoms with Crippen molar-refractivity contribution in [3.05, 3.63) is 70.8 Å². The maximum atomic E-state index is 12.1. The van der Waals surface area contributed by atoms with E-state index >= 15 is 0 Å². The number of carbonyl (C=O) groups excluding carboxylic acids is 1. The van der Waals surface area contributed by atoms with E-state index in [4.69, 9.17) is 0 Å². The summed E-state index contributed by atoms with van der Waals surface area (Å²) in [6, 6.07) is 15.9. The third kappa shape index (κ3) is 3.04. The summed E-state index contributed by atoms with van der Waals surface area (Å²) in [5.74, 6) is 0.183. The fourth-order valence-corrected chi connectivity index (χ4v) is 2.02. The van der Waals surface area contributed by atoms with Crippen LogP contribution in [0.1, 0.15) is 27.0 Å². The molecule has 0 saturated heterocycles. The Morgan fingerprint density at radius 2 is 1.53 bits per heavy atom. The molecule has 1 nitrogen and oxygen atoms in total. The second-order valence-corrected chi connectivity index (χ2v) is 4.46. The molecule has 1 heteroatoms.